The maximum absolute atomic E-state index is 11.0. The van der Waals surface area contributed by atoms with Crippen LogP contribution in [-0.4, -0.2) is 19.4 Å². The van der Waals surface area contributed by atoms with Gasteiger partial charge in [0.25, 0.3) is 0 Å². The van der Waals surface area contributed by atoms with Crippen molar-refractivity contribution < 1.29 is 8.42 Å². The average molecular weight is 208 g/mol. The van der Waals surface area contributed by atoms with Crippen molar-refractivity contribution >= 4 is 19.7 Å². The van der Waals surface area contributed by atoms with Gasteiger partial charge in [0.1, 0.15) is 0 Å². The van der Waals surface area contributed by atoms with E-state index in [1.165, 1.54) is 30.1 Å². The normalized spacial score (nSPS) is 27.6. The van der Waals surface area contributed by atoms with Crippen molar-refractivity contribution in [2.75, 3.05) is 5.75 Å². The van der Waals surface area contributed by atoms with Gasteiger partial charge in [0.05, 0.1) is 5.75 Å². The van der Waals surface area contributed by atoms with E-state index in [4.69, 9.17) is 0 Å². The number of hydrogen-bond acceptors (Lipinski definition) is 3. The average Bonchev–Trinajstić information content (AvgIpc) is 2.31. The molecule has 0 spiro atoms. The van der Waals surface area contributed by atoms with Gasteiger partial charge in [0.2, 0.25) is 8.87 Å². The quantitative estimate of drug-likeness (QED) is 0.525. The molecule has 0 aromatic rings. The summed E-state index contributed by atoms with van der Waals surface area (Å²) >= 11 is 0. The molecule has 1 aliphatic heterocycles. The lowest BCUT2D eigenvalue weighted by atomic mass is 10.1. The number of unbranched alkanes of at least 4 members (excludes halogenated alkanes) is 2. The summed E-state index contributed by atoms with van der Waals surface area (Å²) in [5.41, 5.74) is 0. The summed E-state index contributed by atoms with van der Waals surface area (Å²) in [6, 6.07) is 0. The second-order valence-corrected chi connectivity index (χ2v) is 7.75. The first-order chi connectivity index (χ1) is 5.64. The molecule has 1 unspecified atom stereocenters. The Morgan fingerprint density at radius 1 is 1.42 bits per heavy atom. The zero-order valence-corrected chi connectivity index (χ0v) is 9.09. The van der Waals surface area contributed by atoms with E-state index in [1.54, 1.807) is 0 Å². The van der Waals surface area contributed by atoms with E-state index in [9.17, 15) is 8.42 Å². The van der Waals surface area contributed by atoms with Gasteiger partial charge in [-0.2, -0.15) is 0 Å². The molecular formula is C8H16O2S2. The molecule has 0 bridgehead atoms. The van der Waals surface area contributed by atoms with Crippen LogP contribution in [-0.2, 0) is 8.87 Å². The van der Waals surface area contributed by atoms with Crippen LogP contribution in [0.1, 0.15) is 39.0 Å². The lowest BCUT2D eigenvalue weighted by Crippen LogP contribution is -1.96. The van der Waals surface area contributed by atoms with Crippen molar-refractivity contribution in [3.05, 3.63) is 0 Å². The van der Waals surface area contributed by atoms with E-state index < -0.39 is 8.87 Å². The van der Waals surface area contributed by atoms with Gasteiger partial charge < -0.3 is 0 Å². The van der Waals surface area contributed by atoms with Crippen LogP contribution in [0.2, 0.25) is 0 Å². The van der Waals surface area contributed by atoms with Gasteiger partial charge in [0.15, 0.2) is 0 Å². The van der Waals surface area contributed by atoms with Crippen molar-refractivity contribution in [2.45, 2.75) is 44.3 Å². The molecule has 72 valence electrons. The predicted octanol–water partition coefficient (Wildman–Crippen LogP) is 2.40. The van der Waals surface area contributed by atoms with Crippen LogP contribution in [0.5, 0.6) is 0 Å². The highest BCUT2D eigenvalue weighted by molar-refractivity contribution is 8.72. The maximum atomic E-state index is 11.0. The third-order valence-corrected chi connectivity index (χ3v) is 6.07. The zero-order chi connectivity index (χ0) is 9.03. The molecule has 12 heavy (non-hydrogen) atoms. The fourth-order valence-electron chi connectivity index (χ4n) is 1.39. The predicted molar refractivity (Wildman–Crippen MR) is 53.9 cm³/mol. The van der Waals surface area contributed by atoms with Crippen LogP contribution in [0, 0.1) is 0 Å². The summed E-state index contributed by atoms with van der Waals surface area (Å²) in [5, 5.41) is 0.390. The Kier molecular flexibility index (Phi) is 3.90. The second kappa shape index (κ2) is 4.51. The first-order valence-corrected chi connectivity index (χ1v) is 7.60. The lowest BCUT2D eigenvalue weighted by molar-refractivity contribution is 0.607. The van der Waals surface area contributed by atoms with Gasteiger partial charge in [-0.15, -0.1) is 0 Å². The lowest BCUT2D eigenvalue weighted by Gasteiger charge is -2.04. The summed E-state index contributed by atoms with van der Waals surface area (Å²) in [4.78, 5) is 0. The Morgan fingerprint density at radius 3 is 2.67 bits per heavy atom. The third kappa shape index (κ3) is 3.35. The van der Waals surface area contributed by atoms with Crippen molar-refractivity contribution in [3.63, 3.8) is 0 Å². The van der Waals surface area contributed by atoms with Crippen molar-refractivity contribution in [2.24, 2.45) is 0 Å². The highest BCUT2D eigenvalue weighted by Crippen LogP contribution is 2.34. The van der Waals surface area contributed by atoms with Crippen LogP contribution < -0.4 is 0 Å². The van der Waals surface area contributed by atoms with E-state index in [-0.39, 0.29) is 0 Å². The van der Waals surface area contributed by atoms with E-state index in [2.05, 4.69) is 6.92 Å². The Labute approximate surface area is 78.4 Å². The smallest absolute Gasteiger partial charge is 0.201 e. The monoisotopic (exact) mass is 208 g/mol. The van der Waals surface area contributed by atoms with Gasteiger partial charge in [-0.1, -0.05) is 26.2 Å². The molecule has 0 aromatic heterocycles. The highest BCUT2D eigenvalue weighted by atomic mass is 33.1. The summed E-state index contributed by atoms with van der Waals surface area (Å²) in [6.45, 7) is 2.17. The molecule has 0 radical (unpaired) electrons. The minimum Gasteiger partial charge on any atom is -0.217 e. The fourth-order valence-corrected chi connectivity index (χ4v) is 5.50. The standard InChI is InChI=1S/C8H16O2S2/c1-2-3-4-5-8-6-7-12(9,10)11-8/h8H,2-7H2,1H3. The van der Waals surface area contributed by atoms with Crippen LogP contribution in [0.15, 0.2) is 0 Å². The molecule has 0 aromatic carbocycles. The van der Waals surface area contributed by atoms with E-state index in [0.717, 1.165) is 12.8 Å². The zero-order valence-electron chi connectivity index (χ0n) is 7.45. The molecule has 0 amide bonds. The molecule has 0 aliphatic carbocycles. The minimum absolute atomic E-state index is 0.390. The Bertz CT molecular complexity index is 221. The molecule has 0 saturated carbocycles. The summed E-state index contributed by atoms with van der Waals surface area (Å²) < 4.78 is 22.1. The van der Waals surface area contributed by atoms with Crippen molar-refractivity contribution in [1.82, 2.24) is 0 Å². The first kappa shape index (κ1) is 10.4. The van der Waals surface area contributed by atoms with E-state index >= 15 is 0 Å². The molecule has 2 nitrogen and oxygen atoms in total. The van der Waals surface area contributed by atoms with Gasteiger partial charge in [-0.3, -0.25) is 0 Å². The molecule has 1 heterocycles. The van der Waals surface area contributed by atoms with Crippen molar-refractivity contribution in [3.8, 4) is 0 Å². The SMILES string of the molecule is CCCCCC1CCS(=O)(=O)S1. The highest BCUT2D eigenvalue weighted by Gasteiger charge is 2.27. The number of rotatable bonds is 4. The van der Waals surface area contributed by atoms with E-state index in [1.807, 2.05) is 0 Å². The Morgan fingerprint density at radius 2 is 2.17 bits per heavy atom. The van der Waals surface area contributed by atoms with Crippen LogP contribution in [0.25, 0.3) is 0 Å². The largest absolute Gasteiger partial charge is 0.217 e. The molecule has 1 atom stereocenters. The summed E-state index contributed by atoms with van der Waals surface area (Å²) in [6.07, 6.45) is 5.58. The maximum Gasteiger partial charge on any atom is 0.201 e. The van der Waals surface area contributed by atoms with Crippen molar-refractivity contribution in [1.29, 1.82) is 0 Å². The van der Waals surface area contributed by atoms with E-state index in [0.29, 0.717) is 11.0 Å². The fraction of sp³-hybridized carbons (Fsp3) is 1.00. The van der Waals surface area contributed by atoms with Crippen LogP contribution >= 0.6 is 10.8 Å². The molecule has 0 N–H and O–H groups in total. The molecule has 1 saturated heterocycles. The summed E-state index contributed by atoms with van der Waals surface area (Å²) in [7, 11) is -1.53. The van der Waals surface area contributed by atoms with Gasteiger partial charge >= 0.3 is 0 Å². The number of hydrogen-bond donors (Lipinski definition) is 0. The van der Waals surface area contributed by atoms with Gasteiger partial charge in [0, 0.05) is 5.25 Å². The Hall–Kier alpha value is 0.300. The second-order valence-electron chi connectivity index (χ2n) is 3.26. The molecule has 1 fully saturated rings. The molecule has 1 rings (SSSR count). The first-order valence-electron chi connectivity index (χ1n) is 4.55. The minimum atomic E-state index is -2.72. The van der Waals surface area contributed by atoms with Gasteiger partial charge in [-0.05, 0) is 23.6 Å². The Balaban J connectivity index is 2.20. The molecule has 4 heteroatoms. The topological polar surface area (TPSA) is 34.1 Å². The summed E-state index contributed by atoms with van der Waals surface area (Å²) in [5.74, 6) is 0.397. The van der Waals surface area contributed by atoms with Crippen LogP contribution in [0.3, 0.4) is 0 Å². The van der Waals surface area contributed by atoms with Crippen LogP contribution in [0.4, 0.5) is 0 Å². The molecule has 1 aliphatic rings. The van der Waals surface area contributed by atoms with Gasteiger partial charge in [-0.25, -0.2) is 8.42 Å². The third-order valence-electron chi connectivity index (χ3n) is 2.10. The molecular weight excluding hydrogens is 192 g/mol.